The van der Waals surface area contributed by atoms with Gasteiger partial charge in [0.1, 0.15) is 6.61 Å². The van der Waals surface area contributed by atoms with Crippen LogP contribution in [0, 0.1) is 0 Å². The van der Waals surface area contributed by atoms with Gasteiger partial charge in [-0.2, -0.15) is 0 Å². The number of ether oxygens (including phenoxy) is 2. The number of hydrogen-bond donors (Lipinski definition) is 1. The summed E-state index contributed by atoms with van der Waals surface area (Å²) in [6.07, 6.45) is 0.594. The lowest BCUT2D eigenvalue weighted by Crippen LogP contribution is -2.49. The van der Waals surface area contributed by atoms with Crippen molar-refractivity contribution in [1.82, 2.24) is 9.80 Å². The van der Waals surface area contributed by atoms with Gasteiger partial charge in [-0.1, -0.05) is 0 Å². The number of aliphatic hydroxyl groups excluding tert-OH is 1. The monoisotopic (exact) mass is 272 g/mol. The average molecular weight is 272 g/mol. The molecule has 2 fully saturated rings. The van der Waals surface area contributed by atoms with Crippen LogP contribution in [0.15, 0.2) is 0 Å². The number of carbonyl (C=O) groups excluding carboxylic acids is 2. The first-order valence-electron chi connectivity index (χ1n) is 6.44. The van der Waals surface area contributed by atoms with Crippen molar-refractivity contribution in [3.8, 4) is 0 Å². The van der Waals surface area contributed by atoms with Crippen molar-refractivity contribution >= 4 is 11.8 Å². The third kappa shape index (κ3) is 3.23. The summed E-state index contributed by atoms with van der Waals surface area (Å²) in [6.45, 7) is 1.38. The molecule has 2 rings (SSSR count). The van der Waals surface area contributed by atoms with Gasteiger partial charge in [0.15, 0.2) is 0 Å². The van der Waals surface area contributed by atoms with Gasteiger partial charge >= 0.3 is 0 Å². The largest absolute Gasteiger partial charge is 0.394 e. The molecule has 0 bridgehead atoms. The van der Waals surface area contributed by atoms with E-state index in [4.69, 9.17) is 9.47 Å². The Kier molecular flexibility index (Phi) is 4.73. The fourth-order valence-corrected chi connectivity index (χ4v) is 2.49. The number of nitrogens with zero attached hydrogens (tertiary/aromatic N) is 2. The molecule has 0 aromatic carbocycles. The van der Waals surface area contributed by atoms with E-state index in [1.807, 2.05) is 0 Å². The lowest BCUT2D eigenvalue weighted by Gasteiger charge is -2.30. The van der Waals surface area contributed by atoms with Crippen LogP contribution in [-0.2, 0) is 19.1 Å². The van der Waals surface area contributed by atoms with Crippen LogP contribution in [0.4, 0.5) is 0 Å². The van der Waals surface area contributed by atoms with Crippen LogP contribution in [0.1, 0.15) is 6.42 Å². The summed E-state index contributed by atoms with van der Waals surface area (Å²) in [5.41, 5.74) is 0. The molecule has 2 aliphatic heterocycles. The molecule has 7 heteroatoms. The van der Waals surface area contributed by atoms with Crippen molar-refractivity contribution in [2.75, 3.05) is 46.6 Å². The Bertz CT molecular complexity index is 349. The minimum atomic E-state index is -0.214. The Balaban J connectivity index is 1.93. The van der Waals surface area contributed by atoms with Gasteiger partial charge in [0.05, 0.1) is 31.9 Å². The van der Waals surface area contributed by atoms with Crippen LogP contribution in [0.5, 0.6) is 0 Å². The zero-order valence-electron chi connectivity index (χ0n) is 11.1. The fraction of sp³-hybridized carbons (Fsp3) is 0.833. The third-order valence-corrected chi connectivity index (χ3v) is 3.65. The normalized spacial score (nSPS) is 28.0. The number of carbonyl (C=O) groups is 2. The SMILES string of the molecule is CO[C@@H]1C[C@@H](CO)N(C(=O)CN2CCOCC2=O)C1. The summed E-state index contributed by atoms with van der Waals surface area (Å²) in [7, 11) is 1.60. The van der Waals surface area contributed by atoms with Gasteiger partial charge in [-0.05, 0) is 6.42 Å². The molecule has 0 spiro atoms. The maximum absolute atomic E-state index is 12.2. The standard InChI is InChI=1S/C12H20N2O5/c1-18-10-4-9(7-15)14(5-10)11(16)6-13-2-3-19-8-12(13)17/h9-10,15H,2-8H2,1H3/t9-,10+/m0/s1. The molecule has 0 saturated carbocycles. The molecular formula is C12H20N2O5. The first kappa shape index (κ1) is 14.2. The molecule has 0 aromatic heterocycles. The molecule has 0 unspecified atom stereocenters. The minimum Gasteiger partial charge on any atom is -0.394 e. The molecule has 108 valence electrons. The second kappa shape index (κ2) is 6.31. The Hall–Kier alpha value is -1.18. The summed E-state index contributed by atoms with van der Waals surface area (Å²) < 4.78 is 10.2. The molecule has 1 N–H and O–H groups in total. The summed E-state index contributed by atoms with van der Waals surface area (Å²) in [6, 6.07) is -0.214. The van der Waals surface area contributed by atoms with Crippen molar-refractivity contribution < 1.29 is 24.2 Å². The first-order chi connectivity index (χ1) is 9.15. The van der Waals surface area contributed by atoms with Crippen LogP contribution in [-0.4, -0.2) is 85.4 Å². The van der Waals surface area contributed by atoms with Crippen LogP contribution in [0.25, 0.3) is 0 Å². The highest BCUT2D eigenvalue weighted by Gasteiger charge is 2.36. The molecule has 2 amide bonds. The zero-order valence-corrected chi connectivity index (χ0v) is 11.1. The van der Waals surface area contributed by atoms with E-state index in [1.54, 1.807) is 12.0 Å². The number of likely N-dealkylation sites (tertiary alicyclic amines) is 1. The topological polar surface area (TPSA) is 79.3 Å². The Morgan fingerprint density at radius 3 is 3.00 bits per heavy atom. The number of morpholine rings is 1. The van der Waals surface area contributed by atoms with Gasteiger partial charge in [0.25, 0.3) is 0 Å². The van der Waals surface area contributed by atoms with Crippen LogP contribution < -0.4 is 0 Å². The number of aliphatic hydroxyl groups is 1. The fourth-order valence-electron chi connectivity index (χ4n) is 2.49. The predicted octanol–water partition coefficient (Wildman–Crippen LogP) is -1.55. The lowest BCUT2D eigenvalue weighted by atomic mass is 10.2. The second-order valence-electron chi connectivity index (χ2n) is 4.84. The summed E-state index contributed by atoms with van der Waals surface area (Å²) in [5.74, 6) is -0.309. The molecule has 0 aromatic rings. The molecule has 7 nitrogen and oxygen atoms in total. The van der Waals surface area contributed by atoms with E-state index < -0.39 is 0 Å². The van der Waals surface area contributed by atoms with Gasteiger partial charge < -0.3 is 24.4 Å². The number of methoxy groups -OCH3 is 1. The quantitative estimate of drug-likeness (QED) is 0.670. The first-order valence-corrected chi connectivity index (χ1v) is 6.44. The van der Waals surface area contributed by atoms with Crippen LogP contribution in [0.3, 0.4) is 0 Å². The van der Waals surface area contributed by atoms with Crippen LogP contribution >= 0.6 is 0 Å². The molecule has 19 heavy (non-hydrogen) atoms. The Labute approximate surface area is 112 Å². The van der Waals surface area contributed by atoms with Crippen molar-refractivity contribution in [2.24, 2.45) is 0 Å². The average Bonchev–Trinajstić information content (AvgIpc) is 2.84. The van der Waals surface area contributed by atoms with E-state index in [0.29, 0.717) is 26.1 Å². The maximum Gasteiger partial charge on any atom is 0.249 e. The molecular weight excluding hydrogens is 252 g/mol. The molecule has 2 saturated heterocycles. The molecule has 0 aliphatic carbocycles. The van der Waals surface area contributed by atoms with Gasteiger partial charge in [-0.25, -0.2) is 0 Å². The maximum atomic E-state index is 12.2. The van der Waals surface area contributed by atoms with E-state index in [0.717, 1.165) is 0 Å². The van der Waals surface area contributed by atoms with Gasteiger partial charge in [-0.15, -0.1) is 0 Å². The van der Waals surface area contributed by atoms with E-state index in [1.165, 1.54) is 4.90 Å². The predicted molar refractivity (Wildman–Crippen MR) is 65.4 cm³/mol. The summed E-state index contributed by atoms with van der Waals surface area (Å²) >= 11 is 0. The van der Waals surface area contributed by atoms with Gasteiger partial charge in [0, 0.05) is 20.2 Å². The molecule has 2 aliphatic rings. The zero-order chi connectivity index (χ0) is 13.8. The molecule has 2 atom stereocenters. The Morgan fingerprint density at radius 2 is 2.37 bits per heavy atom. The molecule has 2 heterocycles. The third-order valence-electron chi connectivity index (χ3n) is 3.65. The van der Waals surface area contributed by atoms with Gasteiger partial charge in [-0.3, -0.25) is 9.59 Å². The molecule has 0 radical (unpaired) electrons. The highest BCUT2D eigenvalue weighted by atomic mass is 16.5. The van der Waals surface area contributed by atoms with E-state index in [9.17, 15) is 14.7 Å². The summed E-state index contributed by atoms with van der Waals surface area (Å²) in [5, 5.41) is 9.31. The number of rotatable bonds is 4. The van der Waals surface area contributed by atoms with Crippen molar-refractivity contribution in [3.05, 3.63) is 0 Å². The van der Waals surface area contributed by atoms with Gasteiger partial charge in [0.2, 0.25) is 11.8 Å². The van der Waals surface area contributed by atoms with Crippen LogP contribution in [0.2, 0.25) is 0 Å². The Morgan fingerprint density at radius 1 is 1.58 bits per heavy atom. The van der Waals surface area contributed by atoms with Crippen molar-refractivity contribution in [3.63, 3.8) is 0 Å². The lowest BCUT2D eigenvalue weighted by molar-refractivity contribution is -0.149. The highest BCUT2D eigenvalue weighted by Crippen LogP contribution is 2.20. The smallest absolute Gasteiger partial charge is 0.249 e. The van der Waals surface area contributed by atoms with Crippen molar-refractivity contribution in [2.45, 2.75) is 18.6 Å². The summed E-state index contributed by atoms with van der Waals surface area (Å²) in [4.78, 5) is 26.9. The minimum absolute atomic E-state index is 0.0391. The van der Waals surface area contributed by atoms with E-state index in [-0.39, 0.29) is 43.7 Å². The van der Waals surface area contributed by atoms with E-state index in [2.05, 4.69) is 0 Å². The number of hydrogen-bond acceptors (Lipinski definition) is 5. The highest BCUT2D eigenvalue weighted by molar-refractivity contribution is 5.86. The van der Waals surface area contributed by atoms with E-state index >= 15 is 0 Å². The second-order valence-corrected chi connectivity index (χ2v) is 4.84. The number of amides is 2. The van der Waals surface area contributed by atoms with Crippen molar-refractivity contribution in [1.29, 1.82) is 0 Å².